The van der Waals surface area contributed by atoms with E-state index >= 15 is 0 Å². The number of rotatable bonds is 9. The van der Waals surface area contributed by atoms with Crippen molar-refractivity contribution in [3.63, 3.8) is 0 Å². The highest BCUT2D eigenvalue weighted by molar-refractivity contribution is 7.15. The van der Waals surface area contributed by atoms with Gasteiger partial charge in [0.1, 0.15) is 0 Å². The highest BCUT2D eigenvalue weighted by Gasteiger charge is 2.31. The zero-order valence-corrected chi connectivity index (χ0v) is 15.1. The van der Waals surface area contributed by atoms with Crippen molar-refractivity contribution in [2.24, 2.45) is 5.92 Å². The molecule has 4 heteroatoms. The van der Waals surface area contributed by atoms with E-state index in [0.717, 1.165) is 25.0 Å². The number of thiazole rings is 1. The van der Waals surface area contributed by atoms with Gasteiger partial charge in [-0.2, -0.15) is 0 Å². The monoisotopic (exact) mass is 309 g/mol. The largest absolute Gasteiger partial charge is 0.345 e. The van der Waals surface area contributed by atoms with Gasteiger partial charge in [-0.05, 0) is 52.0 Å². The molecule has 0 radical (unpaired) electrons. The van der Waals surface area contributed by atoms with Crippen LogP contribution in [0, 0.1) is 12.8 Å². The molecule has 2 rings (SSSR count). The van der Waals surface area contributed by atoms with Gasteiger partial charge in [0.2, 0.25) is 0 Å². The van der Waals surface area contributed by atoms with Gasteiger partial charge in [0, 0.05) is 23.5 Å². The molecule has 1 unspecified atom stereocenters. The van der Waals surface area contributed by atoms with Crippen molar-refractivity contribution < 1.29 is 0 Å². The molecule has 0 amide bonds. The predicted octanol–water partition coefficient (Wildman–Crippen LogP) is 4.53. The normalized spacial score (nSPS) is 16.5. The highest BCUT2D eigenvalue weighted by Crippen LogP contribution is 2.37. The second kappa shape index (κ2) is 7.59. The highest BCUT2D eigenvalue weighted by atomic mass is 32.1. The van der Waals surface area contributed by atoms with E-state index in [1.165, 1.54) is 41.4 Å². The van der Waals surface area contributed by atoms with Crippen LogP contribution >= 0.6 is 11.3 Å². The summed E-state index contributed by atoms with van der Waals surface area (Å²) in [5.41, 5.74) is 1.21. The Morgan fingerprint density at radius 3 is 2.62 bits per heavy atom. The number of hydrogen-bond donors (Lipinski definition) is 1. The van der Waals surface area contributed by atoms with Gasteiger partial charge < -0.3 is 10.2 Å². The first-order chi connectivity index (χ1) is 10.0. The number of aromatic nitrogens is 1. The zero-order valence-electron chi connectivity index (χ0n) is 14.3. The molecule has 1 aromatic rings. The Kier molecular flexibility index (Phi) is 6.06. The van der Waals surface area contributed by atoms with Gasteiger partial charge in [0.05, 0.1) is 5.69 Å². The van der Waals surface area contributed by atoms with Crippen molar-refractivity contribution >= 4 is 16.5 Å². The fourth-order valence-corrected chi connectivity index (χ4v) is 3.78. The second-order valence-electron chi connectivity index (χ2n) is 6.73. The van der Waals surface area contributed by atoms with Gasteiger partial charge in [-0.3, -0.25) is 0 Å². The standard InChI is InChI=1S/C17H31N3S/c1-6-10-18-13(4)16-14(5)19-17(21-16)20(15-7-8-15)11-9-12(2)3/h12-13,15,18H,6-11H2,1-5H3. The van der Waals surface area contributed by atoms with E-state index in [1.54, 1.807) is 0 Å². The van der Waals surface area contributed by atoms with Crippen LogP contribution < -0.4 is 10.2 Å². The molecule has 0 aromatic carbocycles. The molecule has 21 heavy (non-hydrogen) atoms. The first-order valence-electron chi connectivity index (χ1n) is 8.50. The van der Waals surface area contributed by atoms with Crippen LogP contribution in [0.2, 0.25) is 0 Å². The summed E-state index contributed by atoms with van der Waals surface area (Å²) in [4.78, 5) is 8.86. The molecular formula is C17H31N3S. The lowest BCUT2D eigenvalue weighted by atomic mass is 10.1. The van der Waals surface area contributed by atoms with E-state index in [4.69, 9.17) is 4.98 Å². The summed E-state index contributed by atoms with van der Waals surface area (Å²) in [6.07, 6.45) is 5.12. The minimum absolute atomic E-state index is 0.419. The molecular weight excluding hydrogens is 278 g/mol. The average Bonchev–Trinajstić information content (AvgIpc) is 3.19. The van der Waals surface area contributed by atoms with Gasteiger partial charge >= 0.3 is 0 Å². The van der Waals surface area contributed by atoms with Crippen molar-refractivity contribution in [1.29, 1.82) is 0 Å². The number of nitrogens with one attached hydrogen (secondary N) is 1. The SMILES string of the molecule is CCCNC(C)c1sc(N(CCC(C)C)C2CC2)nc1C. The van der Waals surface area contributed by atoms with Crippen molar-refractivity contribution in [2.75, 3.05) is 18.0 Å². The van der Waals surface area contributed by atoms with Gasteiger partial charge in [0.15, 0.2) is 5.13 Å². The first kappa shape index (κ1) is 16.8. The summed E-state index contributed by atoms with van der Waals surface area (Å²) in [5, 5.41) is 4.83. The Labute approximate surface area is 134 Å². The van der Waals surface area contributed by atoms with Gasteiger partial charge in [-0.1, -0.05) is 20.8 Å². The number of aryl methyl sites for hydroxylation is 1. The van der Waals surface area contributed by atoms with Crippen LogP contribution in [-0.4, -0.2) is 24.1 Å². The molecule has 1 aliphatic rings. The summed E-state index contributed by atoms with van der Waals surface area (Å²) < 4.78 is 0. The van der Waals surface area contributed by atoms with Crippen LogP contribution in [0.3, 0.4) is 0 Å². The maximum atomic E-state index is 4.88. The molecule has 1 atom stereocenters. The molecule has 1 fully saturated rings. The summed E-state index contributed by atoms with van der Waals surface area (Å²) in [6.45, 7) is 13.5. The number of hydrogen-bond acceptors (Lipinski definition) is 4. The van der Waals surface area contributed by atoms with Gasteiger partial charge in [-0.25, -0.2) is 4.98 Å². The Balaban J connectivity index is 2.07. The van der Waals surface area contributed by atoms with Gasteiger partial charge in [-0.15, -0.1) is 11.3 Å². The van der Waals surface area contributed by atoms with Crippen LogP contribution in [0.5, 0.6) is 0 Å². The van der Waals surface area contributed by atoms with Crippen molar-refractivity contribution in [3.05, 3.63) is 10.6 Å². The molecule has 1 aromatic heterocycles. The Morgan fingerprint density at radius 2 is 2.05 bits per heavy atom. The Bertz CT molecular complexity index is 437. The lowest BCUT2D eigenvalue weighted by Crippen LogP contribution is -2.27. The fourth-order valence-electron chi connectivity index (χ4n) is 2.59. The number of anilines is 1. The lowest BCUT2D eigenvalue weighted by Gasteiger charge is -2.22. The van der Waals surface area contributed by atoms with Crippen LogP contribution in [0.4, 0.5) is 5.13 Å². The third-order valence-corrected chi connectivity index (χ3v) is 5.47. The molecule has 0 saturated heterocycles. The third kappa shape index (κ3) is 4.68. The fraction of sp³-hybridized carbons (Fsp3) is 0.824. The minimum atomic E-state index is 0.419. The third-order valence-electron chi connectivity index (χ3n) is 4.10. The second-order valence-corrected chi connectivity index (χ2v) is 7.74. The molecule has 1 heterocycles. The lowest BCUT2D eigenvalue weighted by molar-refractivity contribution is 0.570. The van der Waals surface area contributed by atoms with Crippen molar-refractivity contribution in [3.8, 4) is 0 Å². The van der Waals surface area contributed by atoms with Gasteiger partial charge in [0.25, 0.3) is 0 Å². The van der Waals surface area contributed by atoms with Crippen LogP contribution in [0.25, 0.3) is 0 Å². The molecule has 1 aliphatic carbocycles. The minimum Gasteiger partial charge on any atom is -0.345 e. The van der Waals surface area contributed by atoms with E-state index in [9.17, 15) is 0 Å². The van der Waals surface area contributed by atoms with Crippen molar-refractivity contribution in [2.45, 2.75) is 72.4 Å². The zero-order chi connectivity index (χ0) is 15.4. The molecule has 0 spiro atoms. The van der Waals surface area contributed by atoms with E-state index < -0.39 is 0 Å². The van der Waals surface area contributed by atoms with E-state index in [-0.39, 0.29) is 0 Å². The molecule has 3 nitrogen and oxygen atoms in total. The Morgan fingerprint density at radius 1 is 1.33 bits per heavy atom. The van der Waals surface area contributed by atoms with Crippen molar-refractivity contribution in [1.82, 2.24) is 10.3 Å². The quantitative estimate of drug-likeness (QED) is 0.726. The molecule has 120 valence electrons. The van der Waals surface area contributed by atoms with Crippen LogP contribution in [0.15, 0.2) is 0 Å². The maximum absolute atomic E-state index is 4.88. The molecule has 1 N–H and O–H groups in total. The molecule has 0 aliphatic heterocycles. The predicted molar refractivity (Wildman–Crippen MR) is 93.4 cm³/mol. The summed E-state index contributed by atoms with van der Waals surface area (Å²) in [6, 6.07) is 1.17. The average molecular weight is 310 g/mol. The van der Waals surface area contributed by atoms with Crippen LogP contribution in [0.1, 0.15) is 70.0 Å². The van der Waals surface area contributed by atoms with E-state index in [0.29, 0.717) is 6.04 Å². The maximum Gasteiger partial charge on any atom is 0.186 e. The van der Waals surface area contributed by atoms with E-state index in [2.05, 4.69) is 44.8 Å². The summed E-state index contributed by atoms with van der Waals surface area (Å²) in [7, 11) is 0. The molecule has 0 bridgehead atoms. The van der Waals surface area contributed by atoms with E-state index in [1.807, 2.05) is 11.3 Å². The summed E-state index contributed by atoms with van der Waals surface area (Å²) in [5.74, 6) is 0.761. The smallest absolute Gasteiger partial charge is 0.186 e. The van der Waals surface area contributed by atoms with Crippen LogP contribution in [-0.2, 0) is 0 Å². The topological polar surface area (TPSA) is 28.2 Å². The number of nitrogens with zero attached hydrogens (tertiary/aromatic N) is 2. The Hall–Kier alpha value is -0.610. The summed E-state index contributed by atoms with van der Waals surface area (Å²) >= 11 is 1.90. The molecule has 1 saturated carbocycles. The first-order valence-corrected chi connectivity index (χ1v) is 9.31.